The van der Waals surface area contributed by atoms with Crippen molar-refractivity contribution in [2.24, 2.45) is 5.41 Å². The summed E-state index contributed by atoms with van der Waals surface area (Å²) in [5, 5.41) is 7.60. The molecule has 86 valence electrons. The Morgan fingerprint density at radius 3 is 1.87 bits per heavy atom. The highest BCUT2D eigenvalue weighted by Crippen LogP contribution is 2.12. The molecular weight excluding hydrogens is 196 g/mol. The van der Waals surface area contributed by atoms with Gasteiger partial charge in [0.05, 0.1) is 6.61 Å². The molecule has 0 aliphatic rings. The van der Waals surface area contributed by atoms with Crippen LogP contribution < -0.4 is 0 Å². The zero-order chi connectivity index (χ0) is 12.5. The minimum absolute atomic E-state index is 0.0403. The minimum atomic E-state index is -0.981. The Labute approximate surface area is 90.2 Å². The van der Waals surface area contributed by atoms with E-state index in [1.165, 1.54) is 6.08 Å². The molecule has 0 rings (SSSR count). The van der Waals surface area contributed by atoms with Crippen molar-refractivity contribution >= 4 is 11.9 Å². The van der Waals surface area contributed by atoms with Gasteiger partial charge in [0.2, 0.25) is 0 Å². The molecule has 0 aliphatic carbocycles. The van der Waals surface area contributed by atoms with E-state index in [2.05, 4.69) is 13.2 Å². The molecule has 0 saturated heterocycles. The fourth-order valence-corrected chi connectivity index (χ4v) is 0.347. The van der Waals surface area contributed by atoms with Crippen molar-refractivity contribution < 1.29 is 19.4 Å². The van der Waals surface area contributed by atoms with Crippen molar-refractivity contribution in [2.75, 3.05) is 6.61 Å². The van der Waals surface area contributed by atoms with Crippen LogP contribution in [0.4, 0.5) is 0 Å². The first kappa shape index (κ1) is 15.9. The van der Waals surface area contributed by atoms with Crippen LogP contribution in [0.15, 0.2) is 25.3 Å². The van der Waals surface area contributed by atoms with Crippen LogP contribution in [0.5, 0.6) is 0 Å². The van der Waals surface area contributed by atoms with Crippen molar-refractivity contribution in [3.63, 3.8) is 0 Å². The summed E-state index contributed by atoms with van der Waals surface area (Å²) in [5.74, 6) is -1.33. The molecule has 0 spiro atoms. The van der Waals surface area contributed by atoms with Gasteiger partial charge in [0, 0.05) is 12.2 Å². The summed E-state index contributed by atoms with van der Waals surface area (Å²) in [4.78, 5) is 19.8. The van der Waals surface area contributed by atoms with E-state index >= 15 is 0 Å². The third-order valence-corrected chi connectivity index (χ3v) is 0.989. The molecule has 0 fully saturated rings. The minimum Gasteiger partial charge on any atom is -0.478 e. The molecule has 0 aromatic rings. The molecule has 1 N–H and O–H groups in total. The van der Waals surface area contributed by atoms with Crippen LogP contribution in [0.2, 0.25) is 0 Å². The van der Waals surface area contributed by atoms with E-state index in [0.29, 0.717) is 6.61 Å². The van der Waals surface area contributed by atoms with Gasteiger partial charge in [-0.2, -0.15) is 0 Å². The Kier molecular flexibility index (Phi) is 8.24. The number of carbonyl (C=O) groups is 2. The second kappa shape index (κ2) is 7.79. The molecule has 4 heteroatoms. The number of ether oxygens (including phenoxy) is 1. The number of carboxylic acids is 1. The Hall–Kier alpha value is -1.58. The molecule has 0 amide bonds. The predicted molar refractivity (Wildman–Crippen MR) is 58.4 cm³/mol. The van der Waals surface area contributed by atoms with E-state index < -0.39 is 5.97 Å². The maximum absolute atomic E-state index is 10.5. The van der Waals surface area contributed by atoms with Gasteiger partial charge in [-0.3, -0.25) is 0 Å². The number of rotatable bonds is 3. The summed E-state index contributed by atoms with van der Waals surface area (Å²) in [5.41, 5.74) is 0.0403. The van der Waals surface area contributed by atoms with Gasteiger partial charge in [0.25, 0.3) is 0 Å². The van der Waals surface area contributed by atoms with E-state index in [1.54, 1.807) is 0 Å². The Morgan fingerprint density at radius 1 is 1.27 bits per heavy atom. The summed E-state index contributed by atoms with van der Waals surface area (Å²) >= 11 is 0. The van der Waals surface area contributed by atoms with Crippen molar-refractivity contribution in [1.29, 1.82) is 0 Å². The van der Waals surface area contributed by atoms with E-state index in [1.807, 2.05) is 20.8 Å². The van der Waals surface area contributed by atoms with Gasteiger partial charge in [0.1, 0.15) is 0 Å². The summed E-state index contributed by atoms with van der Waals surface area (Å²) in [6.45, 7) is 12.7. The largest absolute Gasteiger partial charge is 0.478 e. The Morgan fingerprint density at radius 2 is 1.67 bits per heavy atom. The lowest BCUT2D eigenvalue weighted by Crippen LogP contribution is -2.16. The standard InChI is InChI=1S/C8H14O2.C3H4O2/c1-5-7(9)10-6-8(2,3)4;1-2-3(4)5/h5H,1,6H2,2-4H3;2H,1H2,(H,4,5). The van der Waals surface area contributed by atoms with E-state index in [-0.39, 0.29) is 11.4 Å². The van der Waals surface area contributed by atoms with E-state index in [9.17, 15) is 9.59 Å². The number of carboxylic acid groups (broad SMARTS) is 1. The molecule has 0 saturated carbocycles. The molecule has 0 unspecified atom stereocenters. The summed E-state index contributed by atoms with van der Waals surface area (Å²) in [6.07, 6.45) is 2.01. The van der Waals surface area contributed by atoms with Gasteiger partial charge in [-0.15, -0.1) is 0 Å². The first-order chi connectivity index (χ1) is 6.72. The Balaban J connectivity index is 0. The highest BCUT2D eigenvalue weighted by Gasteiger charge is 2.11. The second-order valence-corrected chi connectivity index (χ2v) is 3.91. The molecular formula is C11H18O4. The van der Waals surface area contributed by atoms with Crippen LogP contribution in [0.25, 0.3) is 0 Å². The van der Waals surface area contributed by atoms with Crippen molar-refractivity contribution in [3.8, 4) is 0 Å². The average Bonchev–Trinajstić information content (AvgIpc) is 2.14. The highest BCUT2D eigenvalue weighted by atomic mass is 16.5. The molecule has 0 radical (unpaired) electrons. The van der Waals surface area contributed by atoms with Crippen LogP contribution in [0.3, 0.4) is 0 Å². The summed E-state index contributed by atoms with van der Waals surface area (Å²) in [7, 11) is 0. The number of esters is 1. The van der Waals surface area contributed by atoms with Crippen molar-refractivity contribution in [3.05, 3.63) is 25.3 Å². The lowest BCUT2D eigenvalue weighted by molar-refractivity contribution is -0.140. The lowest BCUT2D eigenvalue weighted by atomic mass is 9.99. The maximum atomic E-state index is 10.5. The Bertz CT molecular complexity index is 235. The molecule has 0 aromatic carbocycles. The predicted octanol–water partition coefficient (Wildman–Crippen LogP) is 2.02. The molecule has 0 bridgehead atoms. The maximum Gasteiger partial charge on any atom is 0.330 e. The third-order valence-electron chi connectivity index (χ3n) is 0.989. The molecule has 0 aliphatic heterocycles. The van der Waals surface area contributed by atoms with Crippen LogP contribution in [-0.2, 0) is 14.3 Å². The molecule has 0 atom stereocenters. The quantitative estimate of drug-likeness (QED) is 0.576. The fraction of sp³-hybridized carbons (Fsp3) is 0.455. The van der Waals surface area contributed by atoms with Gasteiger partial charge in [-0.25, -0.2) is 9.59 Å². The van der Waals surface area contributed by atoms with Gasteiger partial charge >= 0.3 is 11.9 Å². The van der Waals surface area contributed by atoms with Crippen LogP contribution >= 0.6 is 0 Å². The first-order valence-corrected chi connectivity index (χ1v) is 4.37. The fourth-order valence-electron chi connectivity index (χ4n) is 0.347. The van der Waals surface area contributed by atoms with Crippen LogP contribution in [0.1, 0.15) is 20.8 Å². The molecule has 0 heterocycles. The van der Waals surface area contributed by atoms with E-state index in [4.69, 9.17) is 9.84 Å². The molecule has 15 heavy (non-hydrogen) atoms. The van der Waals surface area contributed by atoms with Crippen LogP contribution in [0, 0.1) is 5.41 Å². The van der Waals surface area contributed by atoms with Gasteiger partial charge in [0.15, 0.2) is 0 Å². The number of aliphatic carboxylic acids is 1. The normalized spacial score (nSPS) is 9.27. The van der Waals surface area contributed by atoms with E-state index in [0.717, 1.165) is 6.08 Å². The summed E-state index contributed by atoms with van der Waals surface area (Å²) in [6, 6.07) is 0. The van der Waals surface area contributed by atoms with Crippen LogP contribution in [-0.4, -0.2) is 23.7 Å². The molecule has 0 aromatic heterocycles. The van der Waals surface area contributed by atoms with Gasteiger partial charge < -0.3 is 9.84 Å². The monoisotopic (exact) mass is 214 g/mol. The number of hydrogen-bond acceptors (Lipinski definition) is 3. The zero-order valence-electron chi connectivity index (χ0n) is 9.45. The SMILES string of the molecule is C=CC(=O)O.C=CC(=O)OCC(C)(C)C. The van der Waals surface area contributed by atoms with Gasteiger partial charge in [-0.05, 0) is 5.41 Å². The second-order valence-electron chi connectivity index (χ2n) is 3.91. The molecule has 4 nitrogen and oxygen atoms in total. The number of carbonyl (C=O) groups excluding carboxylic acids is 1. The van der Waals surface area contributed by atoms with Gasteiger partial charge in [-0.1, -0.05) is 33.9 Å². The smallest absolute Gasteiger partial charge is 0.330 e. The number of hydrogen-bond donors (Lipinski definition) is 1. The first-order valence-electron chi connectivity index (χ1n) is 4.37. The van der Waals surface area contributed by atoms with Crippen molar-refractivity contribution in [2.45, 2.75) is 20.8 Å². The lowest BCUT2D eigenvalue weighted by Gasteiger charge is -2.16. The van der Waals surface area contributed by atoms with Crippen molar-refractivity contribution in [1.82, 2.24) is 0 Å². The topological polar surface area (TPSA) is 63.6 Å². The zero-order valence-corrected chi connectivity index (χ0v) is 9.45. The summed E-state index contributed by atoms with van der Waals surface area (Å²) < 4.78 is 4.80. The highest BCUT2D eigenvalue weighted by molar-refractivity contribution is 5.81. The third kappa shape index (κ3) is 19.0. The average molecular weight is 214 g/mol.